The first-order valence-corrected chi connectivity index (χ1v) is 12.3. The van der Waals surface area contributed by atoms with Crippen LogP contribution in [-0.4, -0.2) is 137 Å². The van der Waals surface area contributed by atoms with E-state index >= 15 is 0 Å². The molecule has 0 aliphatic rings. The lowest BCUT2D eigenvalue weighted by atomic mass is 10.5. The molecule has 0 bridgehead atoms. The van der Waals surface area contributed by atoms with Crippen LogP contribution in [-0.2, 0) is 42.6 Å². The van der Waals surface area contributed by atoms with Gasteiger partial charge in [0.15, 0.2) is 0 Å². The van der Waals surface area contributed by atoms with Crippen molar-refractivity contribution in [2.24, 2.45) is 5.73 Å². The molecule has 0 fully saturated rings. The Morgan fingerprint density at radius 1 is 0.543 bits per heavy atom. The first-order chi connectivity index (χ1) is 17.3. The second kappa shape index (κ2) is 31.0. The van der Waals surface area contributed by atoms with Gasteiger partial charge >= 0.3 is 0 Å². The Hall–Kier alpha value is -1.06. The third-order valence-corrected chi connectivity index (χ3v) is 4.04. The highest BCUT2D eigenvalue weighted by atomic mass is 16.6. The Labute approximate surface area is 210 Å². The predicted molar refractivity (Wildman–Crippen MR) is 130 cm³/mol. The molecule has 0 aromatic rings. The van der Waals surface area contributed by atoms with Crippen molar-refractivity contribution in [1.29, 1.82) is 0 Å². The molecule has 0 radical (unpaired) electrons. The number of ether oxygens (including phenoxy) is 9. The molecule has 0 aliphatic heterocycles. The van der Waals surface area contributed by atoms with Gasteiger partial charge in [0.1, 0.15) is 0 Å². The molecule has 0 spiro atoms. The fourth-order valence-corrected chi connectivity index (χ4v) is 2.28. The third-order valence-electron chi connectivity index (χ3n) is 4.04. The zero-order chi connectivity index (χ0) is 25.5. The molecule has 0 aromatic heterocycles. The Morgan fingerprint density at radius 3 is 1.11 bits per heavy atom. The summed E-state index contributed by atoms with van der Waals surface area (Å²) in [6, 6.07) is 0. The summed E-state index contributed by atoms with van der Waals surface area (Å²) in [7, 11) is 0. The van der Waals surface area contributed by atoms with Crippen LogP contribution in [0.15, 0.2) is 11.9 Å². The third kappa shape index (κ3) is 30.9. The SMILES string of the molecule is CCOCCOCCOCCOCCOCCOCCOCCOCCOCCN/C=C(\N)CO. The Balaban J connectivity index is 3.04. The normalized spacial score (nSPS) is 11.9. The predicted octanol–water partition coefficient (Wildman–Crippen LogP) is -0.462. The molecule has 0 aromatic carbocycles. The molecular weight excluding hydrogens is 464 g/mol. The zero-order valence-corrected chi connectivity index (χ0v) is 21.4. The molecular formula is C23H48N2O10. The summed E-state index contributed by atoms with van der Waals surface area (Å²) in [6.45, 7) is 12.2. The molecule has 0 saturated heterocycles. The van der Waals surface area contributed by atoms with Gasteiger partial charge in [0.25, 0.3) is 0 Å². The van der Waals surface area contributed by atoms with Crippen molar-refractivity contribution in [1.82, 2.24) is 5.32 Å². The van der Waals surface area contributed by atoms with E-state index in [0.29, 0.717) is 131 Å². The van der Waals surface area contributed by atoms with E-state index in [2.05, 4.69) is 5.32 Å². The molecule has 0 atom stereocenters. The van der Waals surface area contributed by atoms with Crippen LogP contribution in [0.5, 0.6) is 0 Å². The minimum Gasteiger partial charge on any atom is -0.399 e. The van der Waals surface area contributed by atoms with Crippen LogP contribution in [0, 0.1) is 0 Å². The van der Waals surface area contributed by atoms with Crippen LogP contribution < -0.4 is 11.1 Å². The van der Waals surface area contributed by atoms with E-state index in [-0.39, 0.29) is 6.61 Å². The van der Waals surface area contributed by atoms with Gasteiger partial charge in [-0.15, -0.1) is 0 Å². The molecule has 12 nitrogen and oxygen atoms in total. The van der Waals surface area contributed by atoms with Gasteiger partial charge in [-0.25, -0.2) is 0 Å². The first-order valence-electron chi connectivity index (χ1n) is 12.3. The van der Waals surface area contributed by atoms with Gasteiger partial charge < -0.3 is 58.8 Å². The van der Waals surface area contributed by atoms with Gasteiger partial charge in [0.2, 0.25) is 0 Å². The maximum Gasteiger partial charge on any atom is 0.0840 e. The van der Waals surface area contributed by atoms with Gasteiger partial charge in [-0.05, 0) is 6.92 Å². The fraction of sp³-hybridized carbons (Fsp3) is 0.913. The number of hydrogen-bond acceptors (Lipinski definition) is 12. The van der Waals surface area contributed by atoms with Gasteiger partial charge in [0.05, 0.1) is 119 Å². The summed E-state index contributed by atoms with van der Waals surface area (Å²) in [4.78, 5) is 0. The lowest BCUT2D eigenvalue weighted by Gasteiger charge is -2.09. The zero-order valence-electron chi connectivity index (χ0n) is 21.4. The van der Waals surface area contributed by atoms with Crippen molar-refractivity contribution in [2.45, 2.75) is 6.92 Å². The number of aliphatic hydroxyl groups excluding tert-OH is 1. The highest BCUT2D eigenvalue weighted by Gasteiger charge is 1.95. The van der Waals surface area contributed by atoms with Crippen molar-refractivity contribution < 1.29 is 47.7 Å². The second-order valence-corrected chi connectivity index (χ2v) is 6.93. The van der Waals surface area contributed by atoms with Crippen LogP contribution in [0.2, 0.25) is 0 Å². The van der Waals surface area contributed by atoms with E-state index in [1.165, 1.54) is 0 Å². The van der Waals surface area contributed by atoms with Crippen molar-refractivity contribution in [2.75, 3.05) is 132 Å². The number of rotatable bonds is 30. The van der Waals surface area contributed by atoms with Crippen molar-refractivity contribution in [3.8, 4) is 0 Å². The van der Waals surface area contributed by atoms with Crippen LogP contribution in [0.3, 0.4) is 0 Å². The first kappa shape index (κ1) is 33.9. The van der Waals surface area contributed by atoms with Gasteiger partial charge in [-0.2, -0.15) is 0 Å². The average Bonchev–Trinajstić information content (AvgIpc) is 2.87. The minimum atomic E-state index is -0.161. The maximum atomic E-state index is 8.73. The summed E-state index contributed by atoms with van der Waals surface area (Å²) < 4.78 is 48.4. The van der Waals surface area contributed by atoms with E-state index in [0.717, 1.165) is 0 Å². The summed E-state index contributed by atoms with van der Waals surface area (Å²) in [6.07, 6.45) is 1.56. The molecule has 0 saturated carbocycles. The Morgan fingerprint density at radius 2 is 0.829 bits per heavy atom. The van der Waals surface area contributed by atoms with E-state index in [1.807, 2.05) is 6.92 Å². The number of hydrogen-bond donors (Lipinski definition) is 3. The molecule has 35 heavy (non-hydrogen) atoms. The molecule has 4 N–H and O–H groups in total. The van der Waals surface area contributed by atoms with E-state index in [9.17, 15) is 0 Å². The van der Waals surface area contributed by atoms with Gasteiger partial charge in [-0.3, -0.25) is 0 Å². The van der Waals surface area contributed by atoms with Crippen LogP contribution in [0.1, 0.15) is 6.92 Å². The Bertz CT molecular complexity index is 433. The quantitative estimate of drug-likeness (QED) is 0.107. The fourth-order valence-electron chi connectivity index (χ4n) is 2.28. The summed E-state index contributed by atoms with van der Waals surface area (Å²) >= 11 is 0. The molecule has 0 rings (SSSR count). The monoisotopic (exact) mass is 512 g/mol. The van der Waals surface area contributed by atoms with Crippen LogP contribution >= 0.6 is 0 Å². The van der Waals surface area contributed by atoms with E-state index < -0.39 is 0 Å². The molecule has 12 heteroatoms. The standard InChI is InChI=1S/C23H48N2O10/c1-2-27-5-6-29-9-10-31-13-14-33-17-18-35-20-19-34-16-15-32-12-11-30-8-7-28-4-3-25-21-23(24)22-26/h21,25-26H,2-20,22,24H2,1H3/b23-21-. The van der Waals surface area contributed by atoms with E-state index in [4.69, 9.17) is 53.5 Å². The molecule has 0 amide bonds. The minimum absolute atomic E-state index is 0.161. The maximum absolute atomic E-state index is 8.73. The van der Waals surface area contributed by atoms with Crippen molar-refractivity contribution in [3.05, 3.63) is 11.9 Å². The Kier molecular flexibility index (Phi) is 30.0. The largest absolute Gasteiger partial charge is 0.399 e. The number of aliphatic hydroxyl groups is 1. The number of nitrogens with two attached hydrogens (primary N) is 1. The molecule has 210 valence electrons. The second-order valence-electron chi connectivity index (χ2n) is 6.93. The molecule has 0 unspecified atom stereocenters. The lowest BCUT2D eigenvalue weighted by molar-refractivity contribution is -0.0247. The summed E-state index contributed by atoms with van der Waals surface area (Å²) in [5, 5.41) is 11.7. The van der Waals surface area contributed by atoms with E-state index in [1.54, 1.807) is 6.20 Å². The summed E-state index contributed by atoms with van der Waals surface area (Å²) in [5.41, 5.74) is 5.82. The van der Waals surface area contributed by atoms with Gasteiger partial charge in [0, 0.05) is 25.0 Å². The van der Waals surface area contributed by atoms with Crippen LogP contribution in [0.25, 0.3) is 0 Å². The number of nitrogens with one attached hydrogen (secondary N) is 1. The summed E-state index contributed by atoms with van der Waals surface area (Å²) in [5.74, 6) is 0. The molecule has 0 aliphatic carbocycles. The highest BCUT2D eigenvalue weighted by Crippen LogP contribution is 1.86. The average molecular weight is 513 g/mol. The smallest absolute Gasteiger partial charge is 0.0840 e. The van der Waals surface area contributed by atoms with Crippen molar-refractivity contribution in [3.63, 3.8) is 0 Å². The van der Waals surface area contributed by atoms with Gasteiger partial charge in [-0.1, -0.05) is 0 Å². The molecule has 0 heterocycles. The highest BCUT2D eigenvalue weighted by molar-refractivity contribution is 4.93. The topological polar surface area (TPSA) is 141 Å². The lowest BCUT2D eigenvalue weighted by Crippen LogP contribution is -2.18. The van der Waals surface area contributed by atoms with Crippen molar-refractivity contribution >= 4 is 0 Å². The van der Waals surface area contributed by atoms with Crippen LogP contribution in [0.4, 0.5) is 0 Å².